The summed E-state index contributed by atoms with van der Waals surface area (Å²) in [7, 11) is 0. The minimum atomic E-state index is -0.406. The van der Waals surface area contributed by atoms with Crippen molar-refractivity contribution in [2.75, 3.05) is 13.1 Å². The van der Waals surface area contributed by atoms with Crippen LogP contribution in [0.25, 0.3) is 0 Å². The molecule has 0 radical (unpaired) electrons. The zero-order chi connectivity index (χ0) is 13.7. The van der Waals surface area contributed by atoms with E-state index in [1.54, 1.807) is 0 Å². The van der Waals surface area contributed by atoms with Gasteiger partial charge in [0.15, 0.2) is 0 Å². The molecule has 0 spiro atoms. The van der Waals surface area contributed by atoms with Crippen LogP contribution in [0.4, 0.5) is 0 Å². The van der Waals surface area contributed by atoms with E-state index >= 15 is 0 Å². The molecule has 2 saturated carbocycles. The molecule has 0 saturated heterocycles. The summed E-state index contributed by atoms with van der Waals surface area (Å²) in [6.07, 6.45) is 6.24. The van der Waals surface area contributed by atoms with E-state index in [1.165, 1.54) is 0 Å². The van der Waals surface area contributed by atoms with Crippen molar-refractivity contribution in [3.63, 3.8) is 0 Å². The zero-order valence-electron chi connectivity index (χ0n) is 11.4. The van der Waals surface area contributed by atoms with Crippen LogP contribution < -0.4 is 10.6 Å². The summed E-state index contributed by atoms with van der Waals surface area (Å²) in [6, 6.07) is 0. The Morgan fingerprint density at radius 1 is 1.11 bits per heavy atom. The fraction of sp³-hybridized carbons (Fsp3) is 0.857. The normalized spacial score (nSPS) is 21.1. The van der Waals surface area contributed by atoms with E-state index in [-0.39, 0.29) is 24.2 Å². The van der Waals surface area contributed by atoms with Crippen molar-refractivity contribution in [2.24, 2.45) is 11.8 Å². The molecule has 19 heavy (non-hydrogen) atoms. The SMILES string of the molecule is O=C(CCNC(=O)C1CCCC1)NCC(O)C1CC1. The molecule has 2 rings (SSSR count). The smallest absolute Gasteiger partial charge is 0.223 e. The highest BCUT2D eigenvalue weighted by molar-refractivity contribution is 5.80. The van der Waals surface area contributed by atoms with Gasteiger partial charge >= 0.3 is 0 Å². The lowest BCUT2D eigenvalue weighted by Crippen LogP contribution is -2.36. The summed E-state index contributed by atoms with van der Waals surface area (Å²) < 4.78 is 0. The molecule has 2 aliphatic carbocycles. The zero-order valence-corrected chi connectivity index (χ0v) is 11.4. The Kier molecular flexibility index (Phi) is 5.19. The topological polar surface area (TPSA) is 78.4 Å². The standard InChI is InChI=1S/C14H24N2O3/c17-12(10-5-6-10)9-16-13(18)7-8-15-14(19)11-3-1-2-4-11/h10-12,17H,1-9H2,(H,15,19)(H,16,18). The summed E-state index contributed by atoms with van der Waals surface area (Å²) in [5.74, 6) is 0.511. The van der Waals surface area contributed by atoms with Crippen molar-refractivity contribution in [3.8, 4) is 0 Å². The van der Waals surface area contributed by atoms with Gasteiger partial charge in [0, 0.05) is 25.4 Å². The lowest BCUT2D eigenvalue weighted by Gasteiger charge is -2.12. The van der Waals surface area contributed by atoms with E-state index < -0.39 is 6.10 Å². The average Bonchev–Trinajstić information content (AvgIpc) is 3.10. The van der Waals surface area contributed by atoms with Crippen LogP contribution in [-0.2, 0) is 9.59 Å². The molecule has 5 heteroatoms. The van der Waals surface area contributed by atoms with Crippen LogP contribution in [0.15, 0.2) is 0 Å². The fourth-order valence-corrected chi connectivity index (χ4v) is 2.59. The Hall–Kier alpha value is -1.10. The lowest BCUT2D eigenvalue weighted by molar-refractivity contribution is -0.125. The number of aliphatic hydroxyl groups excluding tert-OH is 1. The second-order valence-corrected chi connectivity index (χ2v) is 5.73. The molecule has 1 unspecified atom stereocenters. The summed E-state index contributed by atoms with van der Waals surface area (Å²) >= 11 is 0. The van der Waals surface area contributed by atoms with Crippen LogP contribution >= 0.6 is 0 Å². The Bertz CT molecular complexity index is 323. The van der Waals surface area contributed by atoms with E-state index in [4.69, 9.17) is 0 Å². The van der Waals surface area contributed by atoms with Crippen molar-refractivity contribution in [3.05, 3.63) is 0 Å². The predicted molar refractivity (Wildman–Crippen MR) is 71.3 cm³/mol. The number of amides is 2. The first-order valence-corrected chi connectivity index (χ1v) is 7.39. The van der Waals surface area contributed by atoms with Crippen LogP contribution in [0.3, 0.4) is 0 Å². The van der Waals surface area contributed by atoms with Gasteiger partial charge in [0.1, 0.15) is 0 Å². The number of nitrogens with one attached hydrogen (secondary N) is 2. The highest BCUT2D eigenvalue weighted by atomic mass is 16.3. The van der Waals surface area contributed by atoms with E-state index in [0.29, 0.717) is 19.0 Å². The van der Waals surface area contributed by atoms with Crippen LogP contribution in [0.2, 0.25) is 0 Å². The quantitative estimate of drug-likeness (QED) is 0.631. The van der Waals surface area contributed by atoms with Gasteiger partial charge in [0.2, 0.25) is 11.8 Å². The number of carbonyl (C=O) groups excluding carboxylic acids is 2. The van der Waals surface area contributed by atoms with Crippen LogP contribution in [0, 0.1) is 11.8 Å². The molecular weight excluding hydrogens is 244 g/mol. The molecule has 2 aliphatic rings. The molecular formula is C14H24N2O3. The Balaban J connectivity index is 1.51. The summed E-state index contributed by atoms with van der Waals surface area (Å²) in [5.41, 5.74) is 0. The Morgan fingerprint density at radius 2 is 1.79 bits per heavy atom. The van der Waals surface area contributed by atoms with E-state index in [9.17, 15) is 14.7 Å². The minimum absolute atomic E-state index is 0.0864. The number of aliphatic hydroxyl groups is 1. The minimum Gasteiger partial charge on any atom is -0.391 e. The maximum absolute atomic E-state index is 11.7. The van der Waals surface area contributed by atoms with Crippen molar-refractivity contribution in [1.29, 1.82) is 0 Å². The van der Waals surface area contributed by atoms with E-state index in [1.807, 2.05) is 0 Å². The van der Waals surface area contributed by atoms with Gasteiger partial charge in [-0.25, -0.2) is 0 Å². The number of rotatable bonds is 7. The van der Waals surface area contributed by atoms with Gasteiger partial charge in [0.05, 0.1) is 6.10 Å². The average molecular weight is 268 g/mol. The van der Waals surface area contributed by atoms with Gasteiger partial charge in [-0.05, 0) is 31.6 Å². The van der Waals surface area contributed by atoms with Crippen molar-refractivity contribution >= 4 is 11.8 Å². The lowest BCUT2D eigenvalue weighted by atomic mass is 10.1. The third-order valence-electron chi connectivity index (χ3n) is 4.05. The molecule has 0 bridgehead atoms. The van der Waals surface area contributed by atoms with E-state index in [2.05, 4.69) is 10.6 Å². The molecule has 0 aromatic carbocycles. The largest absolute Gasteiger partial charge is 0.391 e. The van der Waals surface area contributed by atoms with E-state index in [0.717, 1.165) is 38.5 Å². The second kappa shape index (κ2) is 6.89. The summed E-state index contributed by atoms with van der Waals surface area (Å²) in [4.78, 5) is 23.2. The molecule has 0 aromatic rings. The molecule has 1 atom stereocenters. The number of hydrogen-bond donors (Lipinski definition) is 3. The molecule has 3 N–H and O–H groups in total. The number of carbonyl (C=O) groups is 2. The van der Waals surface area contributed by atoms with Gasteiger partial charge in [-0.3, -0.25) is 9.59 Å². The first-order valence-electron chi connectivity index (χ1n) is 7.39. The van der Waals surface area contributed by atoms with Crippen LogP contribution in [0.1, 0.15) is 44.9 Å². The van der Waals surface area contributed by atoms with Crippen molar-refractivity contribution in [1.82, 2.24) is 10.6 Å². The third-order valence-corrected chi connectivity index (χ3v) is 4.05. The molecule has 5 nitrogen and oxygen atoms in total. The monoisotopic (exact) mass is 268 g/mol. The molecule has 2 fully saturated rings. The summed E-state index contributed by atoms with van der Waals surface area (Å²) in [5, 5.41) is 15.1. The Labute approximate surface area is 114 Å². The second-order valence-electron chi connectivity index (χ2n) is 5.73. The summed E-state index contributed by atoms with van der Waals surface area (Å²) in [6.45, 7) is 0.723. The highest BCUT2D eigenvalue weighted by Gasteiger charge is 2.29. The van der Waals surface area contributed by atoms with Crippen LogP contribution in [-0.4, -0.2) is 36.1 Å². The molecule has 2 amide bonds. The fourth-order valence-electron chi connectivity index (χ4n) is 2.59. The van der Waals surface area contributed by atoms with Crippen LogP contribution in [0.5, 0.6) is 0 Å². The molecule has 0 aliphatic heterocycles. The van der Waals surface area contributed by atoms with Gasteiger partial charge in [-0.15, -0.1) is 0 Å². The third kappa shape index (κ3) is 4.82. The first kappa shape index (κ1) is 14.3. The maximum atomic E-state index is 11.7. The number of hydrogen-bond acceptors (Lipinski definition) is 3. The first-order chi connectivity index (χ1) is 9.16. The molecule has 0 heterocycles. The predicted octanol–water partition coefficient (Wildman–Crippen LogP) is 0.570. The van der Waals surface area contributed by atoms with Crippen molar-refractivity contribution < 1.29 is 14.7 Å². The Morgan fingerprint density at radius 3 is 2.42 bits per heavy atom. The van der Waals surface area contributed by atoms with Gasteiger partial charge < -0.3 is 15.7 Å². The maximum Gasteiger partial charge on any atom is 0.223 e. The molecule has 0 aromatic heterocycles. The van der Waals surface area contributed by atoms with Gasteiger partial charge in [0.25, 0.3) is 0 Å². The molecule has 108 valence electrons. The van der Waals surface area contributed by atoms with Crippen molar-refractivity contribution in [2.45, 2.75) is 51.0 Å². The highest BCUT2D eigenvalue weighted by Crippen LogP contribution is 2.32. The van der Waals surface area contributed by atoms with Gasteiger partial charge in [-0.2, -0.15) is 0 Å². The van der Waals surface area contributed by atoms with Gasteiger partial charge in [-0.1, -0.05) is 12.8 Å².